The normalized spacial score (nSPS) is 13.4. The highest BCUT2D eigenvalue weighted by Crippen LogP contribution is 2.26. The quantitative estimate of drug-likeness (QED) is 0.746. The van der Waals surface area contributed by atoms with Gasteiger partial charge in [0, 0.05) is 37.1 Å². The number of fused-ring (bicyclic) bond motifs is 1. The molecule has 0 fully saturated rings. The van der Waals surface area contributed by atoms with Gasteiger partial charge in [-0.3, -0.25) is 5.10 Å². The zero-order chi connectivity index (χ0) is 11.5. The van der Waals surface area contributed by atoms with Crippen LogP contribution in [-0.4, -0.2) is 16.7 Å². The van der Waals surface area contributed by atoms with E-state index in [0.29, 0.717) is 0 Å². The Hall–Kier alpha value is -1.81. The molecular formula is C13H16N4. The number of hydrogen-bond acceptors (Lipinski definition) is 3. The first-order valence-corrected chi connectivity index (χ1v) is 5.96. The summed E-state index contributed by atoms with van der Waals surface area (Å²) < 4.78 is 0. The van der Waals surface area contributed by atoms with Gasteiger partial charge in [0.15, 0.2) is 0 Å². The minimum atomic E-state index is 0.847. The summed E-state index contributed by atoms with van der Waals surface area (Å²) >= 11 is 0. The number of nitrogens with zero attached hydrogens (tertiary/aromatic N) is 1. The highest BCUT2D eigenvalue weighted by Gasteiger charge is 2.12. The smallest absolute Gasteiger partial charge is 0.0532 e. The molecule has 0 unspecified atom stereocenters. The van der Waals surface area contributed by atoms with Gasteiger partial charge in [-0.2, -0.15) is 5.10 Å². The lowest BCUT2D eigenvalue weighted by Gasteiger charge is -2.09. The lowest BCUT2D eigenvalue weighted by molar-refractivity contribution is 0.694. The predicted molar refractivity (Wildman–Crippen MR) is 67.8 cm³/mol. The number of para-hydroxylation sites is 1. The first-order valence-electron chi connectivity index (χ1n) is 5.96. The predicted octanol–water partition coefficient (Wildman–Crippen LogP) is 1.67. The summed E-state index contributed by atoms with van der Waals surface area (Å²) in [6, 6.07) is 6.52. The molecule has 0 bridgehead atoms. The molecule has 1 aliphatic rings. The minimum Gasteiger partial charge on any atom is -0.384 e. The van der Waals surface area contributed by atoms with E-state index in [1.54, 1.807) is 0 Å². The van der Waals surface area contributed by atoms with E-state index in [-0.39, 0.29) is 0 Å². The van der Waals surface area contributed by atoms with E-state index in [1.165, 1.54) is 22.4 Å². The maximum Gasteiger partial charge on any atom is 0.0532 e. The molecule has 88 valence electrons. The molecular weight excluding hydrogens is 212 g/mol. The van der Waals surface area contributed by atoms with Crippen LogP contribution in [0.15, 0.2) is 30.6 Å². The van der Waals surface area contributed by atoms with Gasteiger partial charge in [0.2, 0.25) is 0 Å². The van der Waals surface area contributed by atoms with Crippen LogP contribution in [0.2, 0.25) is 0 Å². The largest absolute Gasteiger partial charge is 0.384 e. The van der Waals surface area contributed by atoms with Crippen molar-refractivity contribution in [3.63, 3.8) is 0 Å². The van der Waals surface area contributed by atoms with Crippen LogP contribution in [0.4, 0.5) is 5.69 Å². The Balaban J connectivity index is 1.64. The molecule has 2 heterocycles. The van der Waals surface area contributed by atoms with Crippen LogP contribution in [0.1, 0.15) is 16.7 Å². The molecule has 3 rings (SSSR count). The molecule has 0 spiro atoms. The van der Waals surface area contributed by atoms with Crippen molar-refractivity contribution in [2.45, 2.75) is 19.5 Å². The van der Waals surface area contributed by atoms with Gasteiger partial charge in [0.25, 0.3) is 0 Å². The molecule has 1 aliphatic heterocycles. The summed E-state index contributed by atoms with van der Waals surface area (Å²) in [6.45, 7) is 2.80. The molecule has 4 nitrogen and oxygen atoms in total. The van der Waals surface area contributed by atoms with Crippen LogP contribution in [0, 0.1) is 0 Å². The summed E-state index contributed by atoms with van der Waals surface area (Å²) in [5.41, 5.74) is 5.30. The zero-order valence-electron chi connectivity index (χ0n) is 9.66. The van der Waals surface area contributed by atoms with E-state index in [2.05, 4.69) is 39.0 Å². The summed E-state index contributed by atoms with van der Waals surface area (Å²) in [4.78, 5) is 0. The van der Waals surface area contributed by atoms with Crippen molar-refractivity contribution < 1.29 is 0 Å². The van der Waals surface area contributed by atoms with E-state index in [9.17, 15) is 0 Å². The third kappa shape index (κ3) is 2.17. The molecule has 0 saturated heterocycles. The van der Waals surface area contributed by atoms with Crippen molar-refractivity contribution in [1.82, 2.24) is 15.5 Å². The maximum atomic E-state index is 3.93. The van der Waals surface area contributed by atoms with Gasteiger partial charge in [0.1, 0.15) is 0 Å². The van der Waals surface area contributed by atoms with Crippen molar-refractivity contribution in [3.8, 4) is 0 Å². The zero-order valence-corrected chi connectivity index (χ0v) is 9.66. The minimum absolute atomic E-state index is 0.847. The van der Waals surface area contributed by atoms with E-state index < -0.39 is 0 Å². The Morgan fingerprint density at radius 3 is 3.18 bits per heavy atom. The molecule has 0 radical (unpaired) electrons. The second-order valence-corrected chi connectivity index (χ2v) is 4.34. The summed E-state index contributed by atoms with van der Waals surface area (Å²) in [5, 5.41) is 13.6. The third-order valence-electron chi connectivity index (χ3n) is 3.13. The molecule has 0 aliphatic carbocycles. The van der Waals surface area contributed by atoms with E-state index >= 15 is 0 Å². The number of aromatic nitrogens is 2. The fourth-order valence-electron chi connectivity index (χ4n) is 2.27. The van der Waals surface area contributed by atoms with Gasteiger partial charge in [0.05, 0.1) is 6.20 Å². The Labute approximate surface area is 100 Å². The second kappa shape index (κ2) is 4.59. The van der Waals surface area contributed by atoms with Crippen LogP contribution in [0.25, 0.3) is 0 Å². The molecule has 1 aromatic carbocycles. The van der Waals surface area contributed by atoms with E-state index in [1.807, 2.05) is 12.4 Å². The molecule has 0 saturated carbocycles. The van der Waals surface area contributed by atoms with Crippen molar-refractivity contribution in [3.05, 3.63) is 47.3 Å². The van der Waals surface area contributed by atoms with Crippen LogP contribution in [-0.2, 0) is 19.5 Å². The van der Waals surface area contributed by atoms with Gasteiger partial charge >= 0.3 is 0 Å². The standard InChI is InChI=1S/C13H16N4/c1-2-11-4-5-15-13(11)12(3-1)9-14-6-10-7-16-17-8-10/h1-3,7-8,14-15H,4-6,9H2,(H,16,17). The number of H-pyrrole nitrogens is 1. The fraction of sp³-hybridized carbons (Fsp3) is 0.308. The number of hydrogen-bond donors (Lipinski definition) is 3. The topological polar surface area (TPSA) is 52.7 Å². The number of benzene rings is 1. The van der Waals surface area contributed by atoms with Crippen molar-refractivity contribution in [1.29, 1.82) is 0 Å². The lowest BCUT2D eigenvalue weighted by atomic mass is 10.1. The summed E-state index contributed by atoms with van der Waals surface area (Å²) in [7, 11) is 0. The Kier molecular flexibility index (Phi) is 2.80. The SMILES string of the molecule is c1cc2c(c(CNCc3cn[nH]c3)c1)NCC2. The Morgan fingerprint density at radius 2 is 2.29 bits per heavy atom. The monoisotopic (exact) mass is 228 g/mol. The van der Waals surface area contributed by atoms with Crippen LogP contribution in [0.3, 0.4) is 0 Å². The van der Waals surface area contributed by atoms with Crippen LogP contribution < -0.4 is 10.6 Å². The Morgan fingerprint density at radius 1 is 1.29 bits per heavy atom. The molecule has 1 aromatic heterocycles. The van der Waals surface area contributed by atoms with Gasteiger partial charge in [-0.1, -0.05) is 18.2 Å². The maximum absolute atomic E-state index is 3.93. The van der Waals surface area contributed by atoms with Gasteiger partial charge in [-0.25, -0.2) is 0 Å². The molecule has 17 heavy (non-hydrogen) atoms. The van der Waals surface area contributed by atoms with E-state index in [0.717, 1.165) is 26.1 Å². The summed E-state index contributed by atoms with van der Waals surface area (Å²) in [6.07, 6.45) is 4.91. The first-order chi connectivity index (χ1) is 8.43. The van der Waals surface area contributed by atoms with Crippen LogP contribution in [0.5, 0.6) is 0 Å². The first kappa shape index (κ1) is 10.4. The average molecular weight is 228 g/mol. The second-order valence-electron chi connectivity index (χ2n) is 4.34. The Bertz CT molecular complexity index is 490. The molecule has 4 heteroatoms. The average Bonchev–Trinajstić information content (AvgIpc) is 2.99. The molecule has 3 N–H and O–H groups in total. The highest BCUT2D eigenvalue weighted by atomic mass is 15.1. The highest BCUT2D eigenvalue weighted by molar-refractivity contribution is 5.61. The molecule has 0 amide bonds. The lowest BCUT2D eigenvalue weighted by Crippen LogP contribution is -2.13. The summed E-state index contributed by atoms with van der Waals surface area (Å²) in [5.74, 6) is 0. The van der Waals surface area contributed by atoms with Crippen LogP contribution >= 0.6 is 0 Å². The van der Waals surface area contributed by atoms with Gasteiger partial charge in [-0.05, 0) is 17.5 Å². The number of anilines is 1. The number of nitrogens with one attached hydrogen (secondary N) is 3. The number of rotatable bonds is 4. The van der Waals surface area contributed by atoms with E-state index in [4.69, 9.17) is 0 Å². The van der Waals surface area contributed by atoms with Crippen molar-refractivity contribution >= 4 is 5.69 Å². The molecule has 2 aromatic rings. The van der Waals surface area contributed by atoms with Crippen molar-refractivity contribution in [2.75, 3.05) is 11.9 Å². The molecule has 0 atom stereocenters. The van der Waals surface area contributed by atoms with Crippen molar-refractivity contribution in [2.24, 2.45) is 0 Å². The number of aromatic amines is 1. The van der Waals surface area contributed by atoms with Gasteiger partial charge < -0.3 is 10.6 Å². The third-order valence-corrected chi connectivity index (χ3v) is 3.13. The van der Waals surface area contributed by atoms with Gasteiger partial charge in [-0.15, -0.1) is 0 Å². The fourth-order valence-corrected chi connectivity index (χ4v) is 2.27.